The van der Waals surface area contributed by atoms with Gasteiger partial charge in [-0.15, -0.1) is 11.3 Å². The smallest absolute Gasteiger partial charge is 0.243 e. The highest BCUT2D eigenvalue weighted by Gasteiger charge is 2.29. The van der Waals surface area contributed by atoms with Gasteiger partial charge in [-0.1, -0.05) is 31.5 Å². The third-order valence-electron chi connectivity index (χ3n) is 5.45. The zero-order valence-corrected chi connectivity index (χ0v) is 21.6. The molecule has 1 heterocycles. The van der Waals surface area contributed by atoms with Gasteiger partial charge < -0.3 is 10.1 Å². The van der Waals surface area contributed by atoms with Gasteiger partial charge in [-0.25, -0.2) is 13.4 Å². The first-order valence-electron chi connectivity index (χ1n) is 11.2. The molecule has 0 aliphatic carbocycles. The molecule has 0 aliphatic rings. The lowest BCUT2D eigenvalue weighted by Crippen LogP contribution is -2.40. The van der Waals surface area contributed by atoms with Crippen molar-refractivity contribution in [2.24, 2.45) is 0 Å². The molecule has 3 rings (SSSR count). The van der Waals surface area contributed by atoms with Gasteiger partial charge in [-0.05, 0) is 56.2 Å². The molecule has 3 aromatic rings. The predicted molar refractivity (Wildman–Crippen MR) is 137 cm³/mol. The summed E-state index contributed by atoms with van der Waals surface area (Å²) in [4.78, 5) is 17.5. The Morgan fingerprint density at radius 1 is 1.15 bits per heavy atom. The molecule has 0 saturated carbocycles. The Morgan fingerprint density at radius 3 is 2.41 bits per heavy atom. The average molecular weight is 502 g/mol. The minimum absolute atomic E-state index is 0.151. The lowest BCUT2D eigenvalue weighted by atomic mass is 10.1. The number of thiazole rings is 1. The number of anilines is 1. The minimum atomic E-state index is -3.66. The average Bonchev–Trinajstić information content (AvgIpc) is 3.21. The molecule has 0 aliphatic heterocycles. The van der Waals surface area contributed by atoms with Crippen LogP contribution in [0.15, 0.2) is 59.5 Å². The molecular formula is C25H31N3O4S2. The highest BCUT2D eigenvalue weighted by Crippen LogP contribution is 2.33. The van der Waals surface area contributed by atoms with Gasteiger partial charge in [0.2, 0.25) is 15.9 Å². The molecule has 34 heavy (non-hydrogen) atoms. The van der Waals surface area contributed by atoms with E-state index < -0.39 is 10.0 Å². The molecule has 0 radical (unpaired) electrons. The first-order chi connectivity index (χ1) is 16.3. The number of carbonyl (C=O) groups is 1. The lowest BCUT2D eigenvalue weighted by molar-refractivity contribution is -0.114. The van der Waals surface area contributed by atoms with Crippen LogP contribution in [0, 0.1) is 0 Å². The molecule has 0 bridgehead atoms. The van der Waals surface area contributed by atoms with Gasteiger partial charge in [0.05, 0.1) is 17.7 Å². The van der Waals surface area contributed by atoms with Crippen LogP contribution in [0.5, 0.6) is 5.75 Å². The number of nitrogens with one attached hydrogen (secondary N) is 1. The number of sulfonamides is 1. The van der Waals surface area contributed by atoms with E-state index in [9.17, 15) is 13.2 Å². The molecule has 1 atom stereocenters. The van der Waals surface area contributed by atoms with E-state index in [0.29, 0.717) is 18.1 Å². The number of methoxy groups -OCH3 is 1. The standard InChI is InChI=1S/C25H31N3O4S2/c1-5-9-18(2)28(34(30,31)22-10-7-6-8-11-22)17-16-23-24(27-25(33-23)26-19(3)29)20-12-14-21(32-4)15-13-20/h6-8,10-15,18H,5,9,16-17H2,1-4H3,(H,26,27,29). The second-order valence-corrected chi connectivity index (χ2v) is 11.0. The number of amides is 1. The number of ether oxygens (including phenoxy) is 1. The van der Waals surface area contributed by atoms with E-state index in [1.165, 1.54) is 18.3 Å². The Morgan fingerprint density at radius 2 is 1.82 bits per heavy atom. The van der Waals surface area contributed by atoms with Gasteiger partial charge in [0.15, 0.2) is 5.13 Å². The molecule has 0 fully saturated rings. The highest BCUT2D eigenvalue weighted by atomic mass is 32.2. The Balaban J connectivity index is 1.94. The van der Waals surface area contributed by atoms with Crippen LogP contribution in [0.2, 0.25) is 0 Å². The van der Waals surface area contributed by atoms with E-state index in [-0.39, 0.29) is 16.8 Å². The summed E-state index contributed by atoms with van der Waals surface area (Å²) in [5, 5.41) is 3.25. The van der Waals surface area contributed by atoms with Gasteiger partial charge in [-0.3, -0.25) is 4.79 Å². The quantitative estimate of drug-likeness (QED) is 0.390. The fraction of sp³-hybridized carbons (Fsp3) is 0.360. The van der Waals surface area contributed by atoms with Crippen molar-refractivity contribution in [3.8, 4) is 17.0 Å². The van der Waals surface area contributed by atoms with Crippen LogP contribution < -0.4 is 10.1 Å². The third kappa shape index (κ3) is 6.22. The van der Waals surface area contributed by atoms with Crippen LogP contribution in [-0.4, -0.2) is 43.3 Å². The van der Waals surface area contributed by atoms with Crippen molar-refractivity contribution in [3.63, 3.8) is 0 Å². The third-order valence-corrected chi connectivity index (χ3v) is 8.51. The fourth-order valence-electron chi connectivity index (χ4n) is 3.78. The van der Waals surface area contributed by atoms with Gasteiger partial charge in [-0.2, -0.15) is 4.31 Å². The number of benzene rings is 2. The van der Waals surface area contributed by atoms with E-state index in [1.54, 1.807) is 41.7 Å². The SMILES string of the molecule is CCCC(C)N(CCc1sc(NC(C)=O)nc1-c1ccc(OC)cc1)S(=O)(=O)c1ccccc1. The molecule has 9 heteroatoms. The summed E-state index contributed by atoms with van der Waals surface area (Å²) in [5.41, 5.74) is 1.61. The monoisotopic (exact) mass is 501 g/mol. The Labute approximate surface area is 205 Å². The van der Waals surface area contributed by atoms with Crippen LogP contribution >= 0.6 is 11.3 Å². The van der Waals surface area contributed by atoms with Crippen LogP contribution in [0.25, 0.3) is 11.3 Å². The summed E-state index contributed by atoms with van der Waals surface area (Å²) >= 11 is 1.37. The van der Waals surface area contributed by atoms with Crippen molar-refractivity contribution in [1.29, 1.82) is 0 Å². The van der Waals surface area contributed by atoms with Crippen LogP contribution in [-0.2, 0) is 21.2 Å². The van der Waals surface area contributed by atoms with Crippen LogP contribution in [0.1, 0.15) is 38.5 Å². The van der Waals surface area contributed by atoms with Crippen molar-refractivity contribution in [1.82, 2.24) is 9.29 Å². The van der Waals surface area contributed by atoms with Gasteiger partial charge >= 0.3 is 0 Å². The zero-order valence-electron chi connectivity index (χ0n) is 19.9. The maximum absolute atomic E-state index is 13.5. The normalized spacial score (nSPS) is 12.5. The van der Waals surface area contributed by atoms with Crippen molar-refractivity contribution >= 4 is 32.4 Å². The molecule has 1 amide bonds. The van der Waals surface area contributed by atoms with Crippen molar-refractivity contribution in [2.75, 3.05) is 19.0 Å². The minimum Gasteiger partial charge on any atom is -0.497 e. The number of nitrogens with zero attached hydrogens (tertiary/aromatic N) is 2. The van der Waals surface area contributed by atoms with E-state index in [0.717, 1.165) is 34.7 Å². The van der Waals surface area contributed by atoms with Crippen LogP contribution in [0.4, 0.5) is 5.13 Å². The Kier molecular flexibility index (Phi) is 8.82. The zero-order chi connectivity index (χ0) is 24.7. The van der Waals surface area contributed by atoms with E-state index >= 15 is 0 Å². The fourth-order valence-corrected chi connectivity index (χ4v) is 6.48. The van der Waals surface area contributed by atoms with Crippen molar-refractivity contribution in [3.05, 3.63) is 59.5 Å². The summed E-state index contributed by atoms with van der Waals surface area (Å²) in [6.07, 6.45) is 2.11. The Bertz CT molecular complexity index is 1190. The highest BCUT2D eigenvalue weighted by molar-refractivity contribution is 7.89. The molecule has 1 aromatic heterocycles. The molecule has 0 saturated heterocycles. The molecule has 1 unspecified atom stereocenters. The second kappa shape index (κ2) is 11.6. The van der Waals surface area contributed by atoms with Gasteiger partial charge in [0.25, 0.3) is 0 Å². The maximum atomic E-state index is 13.5. The lowest BCUT2D eigenvalue weighted by Gasteiger charge is -2.28. The van der Waals surface area contributed by atoms with Crippen molar-refractivity contribution < 1.29 is 17.9 Å². The first kappa shape index (κ1) is 25.9. The van der Waals surface area contributed by atoms with Gasteiger partial charge in [0, 0.05) is 30.0 Å². The Hall–Kier alpha value is -2.75. The molecule has 2 aromatic carbocycles. The molecular weight excluding hydrogens is 470 g/mol. The summed E-state index contributed by atoms with van der Waals surface area (Å²) < 4.78 is 33.8. The number of rotatable bonds is 11. The van der Waals surface area contributed by atoms with Gasteiger partial charge in [0.1, 0.15) is 5.75 Å². The largest absolute Gasteiger partial charge is 0.497 e. The molecule has 182 valence electrons. The number of aromatic nitrogens is 1. The summed E-state index contributed by atoms with van der Waals surface area (Å²) in [5.74, 6) is 0.530. The summed E-state index contributed by atoms with van der Waals surface area (Å²) in [6.45, 7) is 5.75. The van der Waals surface area contributed by atoms with Crippen molar-refractivity contribution in [2.45, 2.75) is 51.0 Å². The van der Waals surface area contributed by atoms with E-state index in [2.05, 4.69) is 17.2 Å². The molecule has 7 nitrogen and oxygen atoms in total. The topological polar surface area (TPSA) is 88.6 Å². The number of hydrogen-bond acceptors (Lipinski definition) is 6. The summed E-state index contributed by atoms with van der Waals surface area (Å²) in [7, 11) is -2.05. The first-order valence-corrected chi connectivity index (χ1v) is 13.5. The van der Waals surface area contributed by atoms with Crippen LogP contribution in [0.3, 0.4) is 0 Å². The van der Waals surface area contributed by atoms with E-state index in [4.69, 9.17) is 4.74 Å². The van der Waals surface area contributed by atoms with E-state index in [1.807, 2.05) is 31.2 Å². The molecule has 1 N–H and O–H groups in total. The number of carbonyl (C=O) groups excluding carboxylic acids is 1. The predicted octanol–water partition coefficient (Wildman–Crippen LogP) is 5.20. The summed E-state index contributed by atoms with van der Waals surface area (Å²) in [6, 6.07) is 15.9. The maximum Gasteiger partial charge on any atom is 0.243 e. The number of hydrogen-bond donors (Lipinski definition) is 1. The second-order valence-electron chi connectivity index (χ2n) is 8.02. The molecule has 0 spiro atoms.